The first-order valence-electron chi connectivity index (χ1n) is 11.0. The van der Waals surface area contributed by atoms with Crippen molar-refractivity contribution >= 4 is 31.6 Å². The van der Waals surface area contributed by atoms with E-state index in [1.165, 1.54) is 12.1 Å². The van der Waals surface area contributed by atoms with Crippen molar-refractivity contribution < 1.29 is 17.5 Å². The van der Waals surface area contributed by atoms with E-state index in [4.69, 9.17) is 4.74 Å². The van der Waals surface area contributed by atoms with E-state index in [-0.39, 0.29) is 23.2 Å². The van der Waals surface area contributed by atoms with Crippen LogP contribution in [-0.4, -0.2) is 47.9 Å². The molecular weight excluding hydrogens is 429 g/mol. The van der Waals surface area contributed by atoms with Crippen molar-refractivity contribution in [1.82, 2.24) is 14.8 Å². The van der Waals surface area contributed by atoms with Gasteiger partial charge < -0.3 is 9.30 Å². The molecule has 0 bridgehead atoms. The van der Waals surface area contributed by atoms with Crippen LogP contribution in [0, 0.1) is 5.82 Å². The highest BCUT2D eigenvalue weighted by Crippen LogP contribution is 2.40. The first-order chi connectivity index (χ1) is 15.5. The van der Waals surface area contributed by atoms with E-state index in [1.807, 2.05) is 0 Å². The molecule has 6 nitrogen and oxygen atoms in total. The maximum atomic E-state index is 13.7. The van der Waals surface area contributed by atoms with E-state index in [2.05, 4.69) is 26.9 Å². The van der Waals surface area contributed by atoms with Gasteiger partial charge in [0.05, 0.1) is 23.0 Å². The lowest BCUT2D eigenvalue weighted by Crippen LogP contribution is -2.19. The first kappa shape index (κ1) is 21.2. The summed E-state index contributed by atoms with van der Waals surface area (Å²) in [7, 11) is -3.13. The van der Waals surface area contributed by atoms with E-state index < -0.39 is 9.84 Å². The van der Waals surface area contributed by atoms with Gasteiger partial charge in [0.1, 0.15) is 15.7 Å². The number of halogens is 1. The molecule has 1 aliphatic heterocycles. The summed E-state index contributed by atoms with van der Waals surface area (Å²) < 4.78 is 46.3. The SMILES string of the molecule is CCS(=O)(=O)CCc1c(C2CCOCC2)n(-c2ccc(F)cc2)c2cc3cn[nH]c3cc12. The van der Waals surface area contributed by atoms with Crippen molar-refractivity contribution in [3.63, 3.8) is 0 Å². The highest BCUT2D eigenvalue weighted by atomic mass is 32.2. The van der Waals surface area contributed by atoms with Gasteiger partial charge in [-0.25, -0.2) is 12.8 Å². The van der Waals surface area contributed by atoms with Crippen molar-refractivity contribution in [2.24, 2.45) is 0 Å². The van der Waals surface area contributed by atoms with Crippen molar-refractivity contribution in [3.8, 4) is 5.69 Å². The second-order valence-corrected chi connectivity index (χ2v) is 10.8. The van der Waals surface area contributed by atoms with Gasteiger partial charge in [0, 0.05) is 47.0 Å². The molecule has 0 spiro atoms. The first-order valence-corrected chi connectivity index (χ1v) is 12.8. The van der Waals surface area contributed by atoms with Crippen LogP contribution in [0.1, 0.15) is 36.9 Å². The fourth-order valence-electron chi connectivity index (χ4n) is 4.74. The maximum absolute atomic E-state index is 13.7. The topological polar surface area (TPSA) is 77.0 Å². The van der Waals surface area contributed by atoms with E-state index in [0.29, 0.717) is 19.6 Å². The number of aryl methyl sites for hydroxylation is 1. The number of aromatic nitrogens is 3. The largest absolute Gasteiger partial charge is 0.381 e. The lowest BCUT2D eigenvalue weighted by atomic mass is 9.92. The van der Waals surface area contributed by atoms with Gasteiger partial charge >= 0.3 is 0 Å². The minimum absolute atomic E-state index is 0.100. The standard InChI is InChI=1S/C24H26FN3O3S/c1-2-32(29,30)12-9-20-21-14-22-17(15-26-27-22)13-23(21)28(19-5-3-18(25)4-6-19)24(20)16-7-10-31-11-8-16/h3-6,13-16H,2,7-12H2,1H3,(H,26,27). The Morgan fingerprint density at radius 1 is 1.19 bits per heavy atom. The molecule has 168 valence electrons. The minimum atomic E-state index is -3.13. The summed E-state index contributed by atoms with van der Waals surface area (Å²) in [6.07, 6.45) is 3.95. The molecular formula is C24H26FN3O3S. The summed E-state index contributed by atoms with van der Waals surface area (Å²) in [6.45, 7) is 3.03. The molecule has 0 amide bonds. The number of rotatable bonds is 6. The van der Waals surface area contributed by atoms with Crippen molar-refractivity contribution in [2.45, 2.75) is 32.1 Å². The quantitative estimate of drug-likeness (QED) is 0.464. The number of nitrogens with zero attached hydrogens (tertiary/aromatic N) is 2. The Morgan fingerprint density at radius 2 is 1.94 bits per heavy atom. The summed E-state index contributed by atoms with van der Waals surface area (Å²) in [4.78, 5) is 0. The number of H-pyrrole nitrogens is 1. The average molecular weight is 456 g/mol. The molecule has 0 radical (unpaired) electrons. The van der Waals surface area contributed by atoms with E-state index in [1.54, 1.807) is 25.3 Å². The van der Waals surface area contributed by atoms with Crippen LogP contribution < -0.4 is 0 Å². The normalized spacial score (nSPS) is 15.7. The number of fused-ring (bicyclic) bond motifs is 2. The third kappa shape index (κ3) is 3.82. The highest BCUT2D eigenvalue weighted by molar-refractivity contribution is 7.91. The fraction of sp³-hybridized carbons (Fsp3) is 0.375. The van der Waals surface area contributed by atoms with Gasteiger partial charge in [-0.3, -0.25) is 5.10 Å². The zero-order valence-corrected chi connectivity index (χ0v) is 18.8. The zero-order valence-electron chi connectivity index (χ0n) is 18.0. The Kier molecular flexibility index (Phi) is 5.51. The number of hydrogen-bond acceptors (Lipinski definition) is 4. The third-order valence-electron chi connectivity index (χ3n) is 6.47. The van der Waals surface area contributed by atoms with Gasteiger partial charge in [0.25, 0.3) is 0 Å². The Morgan fingerprint density at radius 3 is 2.66 bits per heavy atom. The number of ether oxygens (including phenoxy) is 1. The van der Waals surface area contributed by atoms with Crippen LogP contribution in [-0.2, 0) is 21.0 Å². The zero-order chi connectivity index (χ0) is 22.3. The third-order valence-corrected chi connectivity index (χ3v) is 8.17. The van der Waals surface area contributed by atoms with E-state index >= 15 is 0 Å². The second kappa shape index (κ2) is 8.33. The van der Waals surface area contributed by atoms with Crippen molar-refractivity contribution in [2.75, 3.05) is 24.7 Å². The van der Waals surface area contributed by atoms with Gasteiger partial charge in [-0.05, 0) is 61.2 Å². The number of hydrogen-bond donors (Lipinski definition) is 1. The van der Waals surface area contributed by atoms with Gasteiger partial charge in [-0.15, -0.1) is 0 Å². The van der Waals surface area contributed by atoms with Crippen LogP contribution in [0.25, 0.3) is 27.5 Å². The second-order valence-electron chi connectivity index (χ2n) is 8.38. The van der Waals surface area contributed by atoms with E-state index in [9.17, 15) is 12.8 Å². The van der Waals surface area contributed by atoms with Gasteiger partial charge in [-0.2, -0.15) is 5.10 Å². The molecule has 32 heavy (non-hydrogen) atoms. The molecule has 1 aliphatic rings. The predicted octanol–water partition coefficient (Wildman–Crippen LogP) is 4.52. The Balaban J connectivity index is 1.80. The summed E-state index contributed by atoms with van der Waals surface area (Å²) in [5, 5.41) is 9.18. The van der Waals surface area contributed by atoms with Crippen LogP contribution in [0.15, 0.2) is 42.6 Å². The molecule has 1 fully saturated rings. The molecule has 0 saturated carbocycles. The molecule has 5 rings (SSSR count). The van der Waals surface area contributed by atoms with Crippen molar-refractivity contribution in [3.05, 3.63) is 59.7 Å². The molecule has 1 saturated heterocycles. The van der Waals surface area contributed by atoms with Crippen molar-refractivity contribution in [1.29, 1.82) is 0 Å². The maximum Gasteiger partial charge on any atom is 0.150 e. The van der Waals surface area contributed by atoms with Crippen LogP contribution in [0.3, 0.4) is 0 Å². The molecule has 1 N–H and O–H groups in total. The Bertz CT molecular complexity index is 1370. The number of benzene rings is 2. The highest BCUT2D eigenvalue weighted by Gasteiger charge is 2.28. The fourth-order valence-corrected chi connectivity index (χ4v) is 5.55. The number of nitrogens with one attached hydrogen (secondary N) is 1. The van der Waals surface area contributed by atoms with Crippen LogP contribution >= 0.6 is 0 Å². The summed E-state index contributed by atoms with van der Waals surface area (Å²) in [6, 6.07) is 10.6. The van der Waals surface area contributed by atoms with E-state index in [0.717, 1.165) is 51.6 Å². The Labute approximate surface area is 186 Å². The molecule has 2 aromatic carbocycles. The van der Waals surface area contributed by atoms with Crippen LogP contribution in [0.5, 0.6) is 0 Å². The molecule has 3 heterocycles. The van der Waals surface area contributed by atoms with Gasteiger partial charge in [0.2, 0.25) is 0 Å². The smallest absolute Gasteiger partial charge is 0.150 e. The summed E-state index contributed by atoms with van der Waals surface area (Å²) in [5.41, 5.74) is 4.92. The molecule has 0 atom stereocenters. The lowest BCUT2D eigenvalue weighted by Gasteiger charge is -2.25. The lowest BCUT2D eigenvalue weighted by molar-refractivity contribution is 0.0841. The summed E-state index contributed by atoms with van der Waals surface area (Å²) in [5.74, 6) is 0.172. The summed E-state index contributed by atoms with van der Waals surface area (Å²) >= 11 is 0. The molecule has 0 unspecified atom stereocenters. The average Bonchev–Trinajstić information content (AvgIpc) is 3.39. The Hall–Kier alpha value is -2.71. The van der Waals surface area contributed by atoms with Crippen LogP contribution in [0.2, 0.25) is 0 Å². The molecule has 0 aliphatic carbocycles. The number of sulfone groups is 1. The monoisotopic (exact) mass is 455 g/mol. The van der Waals surface area contributed by atoms with Gasteiger partial charge in [-0.1, -0.05) is 6.92 Å². The predicted molar refractivity (Wildman–Crippen MR) is 124 cm³/mol. The van der Waals surface area contributed by atoms with Gasteiger partial charge in [0.15, 0.2) is 0 Å². The molecule has 4 aromatic rings. The minimum Gasteiger partial charge on any atom is -0.381 e. The number of aromatic amines is 1. The molecule has 8 heteroatoms. The molecule has 2 aromatic heterocycles. The van der Waals surface area contributed by atoms with Crippen LogP contribution in [0.4, 0.5) is 4.39 Å².